The van der Waals surface area contributed by atoms with Crippen molar-refractivity contribution in [3.05, 3.63) is 53.3 Å². The molecule has 0 fully saturated rings. The fourth-order valence-electron chi connectivity index (χ4n) is 2.32. The lowest BCUT2D eigenvalue weighted by Crippen LogP contribution is -2.41. The topological polar surface area (TPSA) is 84.5 Å². The van der Waals surface area contributed by atoms with Crippen LogP contribution in [0.1, 0.15) is 19.4 Å². The Kier molecular flexibility index (Phi) is 6.68. The Hall–Kier alpha value is -2.59. The highest BCUT2D eigenvalue weighted by Crippen LogP contribution is 2.22. The zero-order valence-corrected chi connectivity index (χ0v) is 16.2. The van der Waals surface area contributed by atoms with Crippen molar-refractivity contribution in [1.82, 2.24) is 4.72 Å². The highest BCUT2D eigenvalue weighted by molar-refractivity contribution is 7.89. The predicted molar refractivity (Wildman–Crippen MR) is 97.1 cm³/mol. The zero-order chi connectivity index (χ0) is 21.1. The van der Waals surface area contributed by atoms with Crippen LogP contribution in [0.2, 0.25) is 0 Å². The number of aryl methyl sites for hydroxylation is 1. The van der Waals surface area contributed by atoms with E-state index in [9.17, 15) is 26.4 Å². The van der Waals surface area contributed by atoms with Gasteiger partial charge in [0.25, 0.3) is 0 Å². The molecule has 0 spiro atoms. The van der Waals surface area contributed by atoms with E-state index in [1.807, 2.05) is 5.32 Å². The fourth-order valence-corrected chi connectivity index (χ4v) is 3.61. The van der Waals surface area contributed by atoms with Crippen LogP contribution in [0.3, 0.4) is 0 Å². The number of halogens is 3. The molecule has 0 aliphatic carbocycles. The van der Waals surface area contributed by atoms with Gasteiger partial charge in [-0.3, -0.25) is 4.79 Å². The number of rotatable bonds is 7. The number of ether oxygens (including phenoxy) is 1. The van der Waals surface area contributed by atoms with Crippen LogP contribution in [0.5, 0.6) is 5.75 Å². The Bertz CT molecular complexity index is 997. The summed E-state index contributed by atoms with van der Waals surface area (Å²) in [5.74, 6) is -5.14. The van der Waals surface area contributed by atoms with E-state index in [-0.39, 0.29) is 4.90 Å². The Morgan fingerprint density at radius 2 is 1.82 bits per heavy atom. The van der Waals surface area contributed by atoms with Crippen LogP contribution in [0.25, 0.3) is 0 Å². The molecule has 2 N–H and O–H groups in total. The lowest BCUT2D eigenvalue weighted by molar-refractivity contribution is -0.117. The smallest absolute Gasteiger partial charge is 0.242 e. The molecule has 2 rings (SSSR count). The summed E-state index contributed by atoms with van der Waals surface area (Å²) in [4.78, 5) is 12.0. The predicted octanol–water partition coefficient (Wildman–Crippen LogP) is 3.12. The quantitative estimate of drug-likeness (QED) is 0.680. The number of anilines is 1. The molecule has 0 aliphatic rings. The minimum Gasteiger partial charge on any atom is -0.494 e. The van der Waals surface area contributed by atoms with Gasteiger partial charge >= 0.3 is 0 Å². The zero-order valence-electron chi connectivity index (χ0n) is 15.3. The van der Waals surface area contributed by atoms with Crippen LogP contribution in [0, 0.1) is 24.4 Å². The Labute approximate surface area is 160 Å². The molecule has 152 valence electrons. The number of sulfonamides is 1. The molecule has 0 unspecified atom stereocenters. The summed E-state index contributed by atoms with van der Waals surface area (Å²) in [5, 5.41) is 2.02. The molecular weight excluding hydrogens is 397 g/mol. The van der Waals surface area contributed by atoms with Crippen molar-refractivity contribution in [3.63, 3.8) is 0 Å². The van der Waals surface area contributed by atoms with E-state index >= 15 is 0 Å². The summed E-state index contributed by atoms with van der Waals surface area (Å²) in [6.45, 7) is 5.11. The number of carbonyl (C=O) groups is 1. The number of hydrogen-bond donors (Lipinski definition) is 2. The second-order valence-electron chi connectivity index (χ2n) is 5.92. The van der Waals surface area contributed by atoms with E-state index in [0.29, 0.717) is 24.0 Å². The van der Waals surface area contributed by atoms with Crippen molar-refractivity contribution in [3.8, 4) is 5.75 Å². The standard InChI is InChI=1S/C18H19F3N2O4S/c1-4-27-15-8-5-12(9-10(15)2)28(25,26)23-11(3)18(24)22-14-7-6-13(19)16(20)17(14)21/h5-9,11,23H,4H2,1-3H3,(H,22,24)/t11-/m0/s1. The van der Waals surface area contributed by atoms with E-state index in [1.165, 1.54) is 25.1 Å². The van der Waals surface area contributed by atoms with Crippen molar-refractivity contribution in [2.45, 2.75) is 31.7 Å². The van der Waals surface area contributed by atoms with Gasteiger partial charge in [-0.15, -0.1) is 0 Å². The fraction of sp³-hybridized carbons (Fsp3) is 0.278. The molecule has 2 aromatic carbocycles. The third-order valence-corrected chi connectivity index (χ3v) is 5.31. The van der Waals surface area contributed by atoms with Gasteiger partial charge in [0.1, 0.15) is 5.75 Å². The molecule has 0 aliphatic heterocycles. The minimum absolute atomic E-state index is 0.0906. The first-order valence-electron chi connectivity index (χ1n) is 8.27. The Morgan fingerprint density at radius 1 is 1.14 bits per heavy atom. The Morgan fingerprint density at radius 3 is 2.43 bits per heavy atom. The van der Waals surface area contributed by atoms with Gasteiger partial charge in [0, 0.05) is 0 Å². The third kappa shape index (κ3) is 4.82. The van der Waals surface area contributed by atoms with Gasteiger partial charge < -0.3 is 10.1 Å². The molecule has 0 bridgehead atoms. The van der Waals surface area contributed by atoms with Crippen LogP contribution >= 0.6 is 0 Å². The van der Waals surface area contributed by atoms with E-state index in [2.05, 4.69) is 4.72 Å². The largest absolute Gasteiger partial charge is 0.494 e. The van der Waals surface area contributed by atoms with Gasteiger partial charge in [-0.1, -0.05) is 0 Å². The molecule has 0 saturated carbocycles. The van der Waals surface area contributed by atoms with Gasteiger partial charge in [0.05, 0.1) is 23.2 Å². The first-order chi connectivity index (χ1) is 13.1. The molecule has 1 amide bonds. The average Bonchev–Trinajstić information content (AvgIpc) is 2.63. The molecule has 28 heavy (non-hydrogen) atoms. The summed E-state index contributed by atoms with van der Waals surface area (Å²) in [6.07, 6.45) is 0. The van der Waals surface area contributed by atoms with Gasteiger partial charge in [0.15, 0.2) is 17.5 Å². The van der Waals surface area contributed by atoms with Crippen molar-refractivity contribution >= 4 is 21.6 Å². The molecular formula is C18H19F3N2O4S. The normalized spacial score (nSPS) is 12.5. The number of hydrogen-bond acceptors (Lipinski definition) is 4. The molecule has 6 nitrogen and oxygen atoms in total. The van der Waals surface area contributed by atoms with Crippen LogP contribution in [0.4, 0.5) is 18.9 Å². The van der Waals surface area contributed by atoms with Crippen LogP contribution in [-0.2, 0) is 14.8 Å². The van der Waals surface area contributed by atoms with Gasteiger partial charge in [-0.2, -0.15) is 4.72 Å². The summed E-state index contributed by atoms with van der Waals surface area (Å²) in [7, 11) is -4.07. The van der Waals surface area contributed by atoms with E-state index in [1.54, 1.807) is 13.8 Å². The molecule has 2 aromatic rings. The summed E-state index contributed by atoms with van der Waals surface area (Å²) in [5.41, 5.74) is -0.0162. The van der Waals surface area contributed by atoms with Gasteiger partial charge in [-0.05, 0) is 56.7 Å². The maximum atomic E-state index is 13.7. The van der Waals surface area contributed by atoms with Crippen molar-refractivity contribution < 1.29 is 31.1 Å². The summed E-state index contributed by atoms with van der Waals surface area (Å²) in [6, 6.07) is 4.36. The monoisotopic (exact) mass is 416 g/mol. The van der Waals surface area contributed by atoms with E-state index in [4.69, 9.17) is 4.74 Å². The molecule has 0 aromatic heterocycles. The molecule has 0 heterocycles. The number of carbonyl (C=O) groups excluding carboxylic acids is 1. The van der Waals surface area contributed by atoms with Crippen molar-refractivity contribution in [1.29, 1.82) is 0 Å². The van der Waals surface area contributed by atoms with E-state index < -0.39 is 45.1 Å². The van der Waals surface area contributed by atoms with Crippen LogP contribution in [0.15, 0.2) is 35.2 Å². The number of nitrogens with one attached hydrogen (secondary N) is 2. The van der Waals surface area contributed by atoms with Crippen LogP contribution < -0.4 is 14.8 Å². The molecule has 0 saturated heterocycles. The highest BCUT2D eigenvalue weighted by Gasteiger charge is 2.24. The number of amides is 1. The summed E-state index contributed by atoms with van der Waals surface area (Å²) >= 11 is 0. The molecule has 0 radical (unpaired) electrons. The van der Waals surface area contributed by atoms with Crippen molar-refractivity contribution in [2.75, 3.05) is 11.9 Å². The lowest BCUT2D eigenvalue weighted by atomic mass is 10.2. The number of benzene rings is 2. The molecule has 10 heteroatoms. The SMILES string of the molecule is CCOc1ccc(S(=O)(=O)N[C@@H](C)C(=O)Nc2ccc(F)c(F)c2F)cc1C. The van der Waals surface area contributed by atoms with Gasteiger partial charge in [-0.25, -0.2) is 21.6 Å². The highest BCUT2D eigenvalue weighted by atomic mass is 32.2. The first kappa shape index (κ1) is 21.7. The maximum Gasteiger partial charge on any atom is 0.242 e. The molecule has 1 atom stereocenters. The lowest BCUT2D eigenvalue weighted by Gasteiger charge is -2.16. The minimum atomic E-state index is -4.07. The van der Waals surface area contributed by atoms with E-state index in [0.717, 1.165) is 6.07 Å². The maximum absolute atomic E-state index is 13.7. The van der Waals surface area contributed by atoms with Crippen LogP contribution in [-0.4, -0.2) is 27.0 Å². The second-order valence-corrected chi connectivity index (χ2v) is 7.63. The van der Waals surface area contributed by atoms with Gasteiger partial charge in [0.2, 0.25) is 15.9 Å². The third-order valence-electron chi connectivity index (χ3n) is 3.77. The first-order valence-corrected chi connectivity index (χ1v) is 9.75. The average molecular weight is 416 g/mol. The second kappa shape index (κ2) is 8.61. The summed E-state index contributed by atoms with van der Waals surface area (Å²) < 4.78 is 72.3. The van der Waals surface area contributed by atoms with Crippen molar-refractivity contribution in [2.24, 2.45) is 0 Å². The Balaban J connectivity index is 2.14.